The largest absolute Gasteiger partial charge is 0.342 e. The van der Waals surface area contributed by atoms with Crippen LogP contribution in [0, 0.1) is 5.92 Å². The summed E-state index contributed by atoms with van der Waals surface area (Å²) in [6, 6.07) is 3.96. The quantitative estimate of drug-likeness (QED) is 0.855. The monoisotopic (exact) mass is 377 g/mol. The molecule has 25 heavy (non-hydrogen) atoms. The number of amides is 2. The highest BCUT2D eigenvalue weighted by molar-refractivity contribution is 7.14. The van der Waals surface area contributed by atoms with Crippen LogP contribution in [-0.2, 0) is 11.2 Å². The number of thiazole rings is 1. The molecule has 0 atom stereocenters. The predicted octanol–water partition coefficient (Wildman–Crippen LogP) is 4.04. The molecule has 1 N–H and O–H groups in total. The highest BCUT2D eigenvalue weighted by atomic mass is 32.1. The fraction of sp³-hybridized carbons (Fsp3) is 0.500. The smallest absolute Gasteiger partial charge is 0.267 e. The summed E-state index contributed by atoms with van der Waals surface area (Å²) in [7, 11) is 1.90. The zero-order chi connectivity index (χ0) is 17.8. The lowest BCUT2D eigenvalue weighted by Crippen LogP contribution is -2.40. The number of rotatable bonds is 5. The number of carbonyl (C=O) groups is 2. The Kier molecular flexibility index (Phi) is 5.86. The number of carbonyl (C=O) groups excluding carboxylic acids is 2. The van der Waals surface area contributed by atoms with Gasteiger partial charge in [-0.15, -0.1) is 22.7 Å². The number of hydrogen-bond acceptors (Lipinski definition) is 5. The second-order valence-corrected chi connectivity index (χ2v) is 8.48. The van der Waals surface area contributed by atoms with Crippen molar-refractivity contribution in [2.24, 2.45) is 5.92 Å². The van der Waals surface area contributed by atoms with E-state index < -0.39 is 0 Å². The van der Waals surface area contributed by atoms with E-state index in [0.717, 1.165) is 18.8 Å². The molecule has 0 unspecified atom stereocenters. The lowest BCUT2D eigenvalue weighted by atomic mass is 9.86. The van der Waals surface area contributed by atoms with Gasteiger partial charge < -0.3 is 4.90 Å². The van der Waals surface area contributed by atoms with E-state index in [1.807, 2.05) is 28.8 Å². The van der Waals surface area contributed by atoms with Gasteiger partial charge in [-0.05, 0) is 43.0 Å². The van der Waals surface area contributed by atoms with E-state index in [9.17, 15) is 9.59 Å². The van der Waals surface area contributed by atoms with Gasteiger partial charge in [0, 0.05) is 18.5 Å². The number of aromatic nitrogens is 1. The molecular formula is C18H23N3O2S2. The van der Waals surface area contributed by atoms with Crippen LogP contribution in [0.3, 0.4) is 0 Å². The summed E-state index contributed by atoms with van der Waals surface area (Å²) in [4.78, 5) is 31.5. The van der Waals surface area contributed by atoms with E-state index in [-0.39, 0.29) is 18.2 Å². The molecule has 0 spiro atoms. The zero-order valence-corrected chi connectivity index (χ0v) is 16.2. The Morgan fingerprint density at radius 3 is 2.72 bits per heavy atom. The molecule has 0 bridgehead atoms. The van der Waals surface area contributed by atoms with E-state index in [0.29, 0.717) is 21.7 Å². The van der Waals surface area contributed by atoms with Gasteiger partial charge in [0.05, 0.1) is 17.0 Å². The second kappa shape index (κ2) is 8.10. The standard InChI is InChI=1S/C18H23N3O2S2/c1-12-5-7-14(8-6-12)21(2)16(22)10-13-11-25-18(19-13)20-17(23)15-4-3-9-24-15/h3-4,9,11-12,14H,5-8,10H2,1-2H3,(H,19,20,23). The minimum absolute atomic E-state index is 0.0981. The molecule has 1 aliphatic rings. The van der Waals surface area contributed by atoms with Crippen molar-refractivity contribution in [1.82, 2.24) is 9.88 Å². The molecule has 134 valence electrons. The molecule has 2 heterocycles. The fourth-order valence-corrected chi connectivity index (χ4v) is 4.45. The molecule has 1 aliphatic carbocycles. The summed E-state index contributed by atoms with van der Waals surface area (Å²) in [5.74, 6) is 0.712. The summed E-state index contributed by atoms with van der Waals surface area (Å²) in [5.41, 5.74) is 0.715. The van der Waals surface area contributed by atoms with E-state index in [1.54, 1.807) is 6.07 Å². The number of nitrogens with zero attached hydrogens (tertiary/aromatic N) is 2. The number of anilines is 1. The first-order valence-electron chi connectivity index (χ1n) is 8.58. The van der Waals surface area contributed by atoms with Crippen molar-refractivity contribution in [2.45, 2.75) is 45.1 Å². The van der Waals surface area contributed by atoms with Crippen LogP contribution >= 0.6 is 22.7 Å². The van der Waals surface area contributed by atoms with Crippen molar-refractivity contribution in [3.05, 3.63) is 33.5 Å². The van der Waals surface area contributed by atoms with Crippen LogP contribution in [0.5, 0.6) is 0 Å². The lowest BCUT2D eigenvalue weighted by molar-refractivity contribution is -0.132. The summed E-state index contributed by atoms with van der Waals surface area (Å²) in [5, 5.41) is 7.04. The number of nitrogens with one attached hydrogen (secondary N) is 1. The van der Waals surface area contributed by atoms with E-state index in [4.69, 9.17) is 0 Å². The zero-order valence-electron chi connectivity index (χ0n) is 14.5. The lowest BCUT2D eigenvalue weighted by Gasteiger charge is -2.33. The molecule has 0 aliphatic heterocycles. The van der Waals surface area contributed by atoms with Gasteiger partial charge in [0.15, 0.2) is 5.13 Å². The average molecular weight is 378 g/mol. The van der Waals surface area contributed by atoms with Crippen molar-refractivity contribution in [1.29, 1.82) is 0 Å². The minimum atomic E-state index is -0.157. The fourth-order valence-electron chi connectivity index (χ4n) is 3.13. The molecule has 2 aromatic heterocycles. The molecule has 0 aromatic carbocycles. The van der Waals surface area contributed by atoms with E-state index >= 15 is 0 Å². The Morgan fingerprint density at radius 1 is 1.28 bits per heavy atom. The van der Waals surface area contributed by atoms with Crippen LogP contribution in [0.25, 0.3) is 0 Å². The topological polar surface area (TPSA) is 62.3 Å². The summed E-state index contributed by atoms with van der Waals surface area (Å²) >= 11 is 2.75. The molecule has 2 aromatic rings. The van der Waals surface area contributed by atoms with Crippen molar-refractivity contribution >= 4 is 39.6 Å². The van der Waals surface area contributed by atoms with Gasteiger partial charge in [-0.1, -0.05) is 13.0 Å². The molecule has 3 rings (SSSR count). The molecule has 2 amide bonds. The predicted molar refractivity (Wildman–Crippen MR) is 102 cm³/mol. The summed E-state index contributed by atoms with van der Waals surface area (Å²) < 4.78 is 0. The van der Waals surface area contributed by atoms with Gasteiger partial charge in [0.1, 0.15) is 0 Å². The number of hydrogen-bond donors (Lipinski definition) is 1. The molecular weight excluding hydrogens is 354 g/mol. The molecule has 1 fully saturated rings. The third kappa shape index (κ3) is 4.67. The van der Waals surface area contributed by atoms with Gasteiger partial charge in [-0.2, -0.15) is 0 Å². The Labute approximate surface area is 156 Å². The maximum absolute atomic E-state index is 12.5. The SMILES string of the molecule is CC1CCC(N(C)C(=O)Cc2csc(NC(=O)c3cccs3)n2)CC1. The Morgan fingerprint density at radius 2 is 2.04 bits per heavy atom. The first-order valence-corrected chi connectivity index (χ1v) is 10.3. The van der Waals surface area contributed by atoms with Gasteiger partial charge >= 0.3 is 0 Å². The Balaban J connectivity index is 1.53. The van der Waals surface area contributed by atoms with Crippen molar-refractivity contribution in [2.75, 3.05) is 12.4 Å². The van der Waals surface area contributed by atoms with Crippen LogP contribution in [-0.4, -0.2) is 34.8 Å². The van der Waals surface area contributed by atoms with Gasteiger partial charge in [0.25, 0.3) is 5.91 Å². The Hall–Kier alpha value is -1.73. The maximum Gasteiger partial charge on any atom is 0.267 e. The van der Waals surface area contributed by atoms with Crippen LogP contribution in [0.1, 0.15) is 48.0 Å². The van der Waals surface area contributed by atoms with Crippen LogP contribution < -0.4 is 5.32 Å². The van der Waals surface area contributed by atoms with Crippen molar-refractivity contribution in [3.8, 4) is 0 Å². The van der Waals surface area contributed by atoms with Crippen molar-refractivity contribution in [3.63, 3.8) is 0 Å². The molecule has 0 saturated heterocycles. The van der Waals surface area contributed by atoms with Crippen LogP contribution in [0.15, 0.2) is 22.9 Å². The normalized spacial score (nSPS) is 20.2. The highest BCUT2D eigenvalue weighted by Gasteiger charge is 2.25. The third-order valence-electron chi connectivity index (χ3n) is 4.78. The average Bonchev–Trinajstić information content (AvgIpc) is 3.27. The number of likely N-dealkylation sites (N-methyl/N-ethyl adjacent to an activating group) is 1. The molecule has 7 heteroatoms. The summed E-state index contributed by atoms with van der Waals surface area (Å²) in [6.07, 6.45) is 4.84. The van der Waals surface area contributed by atoms with Crippen LogP contribution in [0.4, 0.5) is 5.13 Å². The van der Waals surface area contributed by atoms with Gasteiger partial charge in [-0.25, -0.2) is 4.98 Å². The van der Waals surface area contributed by atoms with E-state index in [1.165, 1.54) is 35.5 Å². The molecule has 5 nitrogen and oxygen atoms in total. The minimum Gasteiger partial charge on any atom is -0.342 e. The molecule has 0 radical (unpaired) electrons. The second-order valence-electron chi connectivity index (χ2n) is 6.67. The summed E-state index contributed by atoms with van der Waals surface area (Å²) in [6.45, 7) is 2.28. The Bertz CT molecular complexity index is 719. The first-order chi connectivity index (χ1) is 12.0. The number of thiophene rings is 1. The molecule has 1 saturated carbocycles. The first kappa shape index (κ1) is 18.1. The maximum atomic E-state index is 12.5. The van der Waals surface area contributed by atoms with Gasteiger partial charge in [-0.3, -0.25) is 14.9 Å². The van der Waals surface area contributed by atoms with Crippen molar-refractivity contribution < 1.29 is 9.59 Å². The van der Waals surface area contributed by atoms with Gasteiger partial charge in [0.2, 0.25) is 5.91 Å². The highest BCUT2D eigenvalue weighted by Crippen LogP contribution is 2.27. The van der Waals surface area contributed by atoms with E-state index in [2.05, 4.69) is 17.2 Å². The van der Waals surface area contributed by atoms with Crippen LogP contribution in [0.2, 0.25) is 0 Å². The third-order valence-corrected chi connectivity index (χ3v) is 6.45.